The molecule has 2 N–H and O–H groups in total. The maximum atomic E-state index is 12.0. The van der Waals surface area contributed by atoms with Crippen LogP contribution in [0.3, 0.4) is 0 Å². The second-order valence-electron chi connectivity index (χ2n) is 4.83. The number of carbonyl (C=O) groups is 2. The molecule has 21 heavy (non-hydrogen) atoms. The van der Waals surface area contributed by atoms with Crippen molar-refractivity contribution in [2.45, 2.75) is 26.4 Å². The van der Waals surface area contributed by atoms with Crippen molar-refractivity contribution < 1.29 is 14.7 Å². The van der Waals surface area contributed by atoms with Gasteiger partial charge in [-0.2, -0.15) is 5.10 Å². The molecule has 1 aromatic carbocycles. The Morgan fingerprint density at radius 1 is 1.29 bits per heavy atom. The summed E-state index contributed by atoms with van der Waals surface area (Å²) in [7, 11) is 0. The molecule has 1 atom stereocenters. The van der Waals surface area contributed by atoms with Crippen molar-refractivity contribution in [1.29, 1.82) is 0 Å². The van der Waals surface area contributed by atoms with Gasteiger partial charge in [0.15, 0.2) is 6.04 Å². The minimum atomic E-state index is -1.09. The van der Waals surface area contributed by atoms with Gasteiger partial charge in [0.25, 0.3) is 0 Å². The van der Waals surface area contributed by atoms with Crippen molar-refractivity contribution in [3.05, 3.63) is 53.3 Å². The van der Waals surface area contributed by atoms with E-state index in [-0.39, 0.29) is 6.54 Å². The number of carboxylic acids is 1. The van der Waals surface area contributed by atoms with Crippen LogP contribution in [0.25, 0.3) is 0 Å². The van der Waals surface area contributed by atoms with Gasteiger partial charge in [0.2, 0.25) is 5.91 Å². The topological polar surface area (TPSA) is 84.2 Å². The second-order valence-corrected chi connectivity index (χ2v) is 4.83. The lowest BCUT2D eigenvalue weighted by Gasteiger charge is -2.15. The second kappa shape index (κ2) is 6.21. The number of nitrogens with zero attached hydrogens (tertiary/aromatic N) is 2. The largest absolute Gasteiger partial charge is 0.479 e. The van der Waals surface area contributed by atoms with Gasteiger partial charge in [0.1, 0.15) is 6.54 Å². The fourth-order valence-corrected chi connectivity index (χ4v) is 2.11. The average Bonchev–Trinajstić information content (AvgIpc) is 2.75. The molecular formula is C15H17N3O3. The van der Waals surface area contributed by atoms with Crippen LogP contribution in [0.4, 0.5) is 0 Å². The predicted octanol–water partition coefficient (Wildman–Crippen LogP) is 1.44. The van der Waals surface area contributed by atoms with Crippen LogP contribution in [0.2, 0.25) is 0 Å². The highest BCUT2D eigenvalue weighted by molar-refractivity contribution is 5.84. The first-order valence-corrected chi connectivity index (χ1v) is 6.55. The number of amides is 1. The molecule has 0 unspecified atom stereocenters. The number of aromatic nitrogens is 2. The number of aliphatic carboxylic acids is 1. The Morgan fingerprint density at radius 2 is 1.95 bits per heavy atom. The van der Waals surface area contributed by atoms with E-state index in [4.69, 9.17) is 0 Å². The first kappa shape index (κ1) is 14.8. The van der Waals surface area contributed by atoms with Crippen LogP contribution in [0.5, 0.6) is 0 Å². The van der Waals surface area contributed by atoms with Gasteiger partial charge < -0.3 is 10.4 Å². The summed E-state index contributed by atoms with van der Waals surface area (Å²) in [5.41, 5.74) is 2.21. The van der Waals surface area contributed by atoms with E-state index < -0.39 is 17.9 Å². The quantitative estimate of drug-likeness (QED) is 0.871. The summed E-state index contributed by atoms with van der Waals surface area (Å²) < 4.78 is 1.55. The van der Waals surface area contributed by atoms with Gasteiger partial charge >= 0.3 is 5.97 Å². The van der Waals surface area contributed by atoms with E-state index in [0.717, 1.165) is 11.4 Å². The monoisotopic (exact) mass is 287 g/mol. The fourth-order valence-electron chi connectivity index (χ4n) is 2.11. The summed E-state index contributed by atoms with van der Waals surface area (Å²) in [6.07, 6.45) is 0. The van der Waals surface area contributed by atoms with Gasteiger partial charge in [0, 0.05) is 5.69 Å². The van der Waals surface area contributed by atoms with Gasteiger partial charge in [0.05, 0.1) is 5.69 Å². The zero-order chi connectivity index (χ0) is 15.4. The average molecular weight is 287 g/mol. The molecule has 0 spiro atoms. The molecule has 1 aromatic heterocycles. The molecule has 6 nitrogen and oxygen atoms in total. The van der Waals surface area contributed by atoms with Crippen molar-refractivity contribution in [2.24, 2.45) is 0 Å². The molecule has 0 aliphatic rings. The van der Waals surface area contributed by atoms with Gasteiger partial charge in [-0.25, -0.2) is 4.79 Å². The minimum Gasteiger partial charge on any atom is -0.479 e. The Kier molecular flexibility index (Phi) is 4.37. The number of hydrogen-bond acceptors (Lipinski definition) is 3. The summed E-state index contributed by atoms with van der Waals surface area (Å²) in [5.74, 6) is -1.49. The van der Waals surface area contributed by atoms with E-state index in [0.29, 0.717) is 5.56 Å². The zero-order valence-electron chi connectivity index (χ0n) is 11.9. The SMILES string of the molecule is Cc1cc(C)n(CC(=O)N[C@@H](C(=O)O)c2ccccc2)n1. The summed E-state index contributed by atoms with van der Waals surface area (Å²) in [5, 5.41) is 16.0. The minimum absolute atomic E-state index is 0.00368. The third-order valence-electron chi connectivity index (χ3n) is 3.08. The van der Waals surface area contributed by atoms with Crippen molar-refractivity contribution in [2.75, 3.05) is 0 Å². The van der Waals surface area contributed by atoms with Crippen LogP contribution in [-0.4, -0.2) is 26.8 Å². The Hall–Kier alpha value is -2.63. The van der Waals surface area contributed by atoms with E-state index in [9.17, 15) is 14.7 Å². The molecule has 0 radical (unpaired) electrons. The molecule has 2 rings (SSSR count). The van der Waals surface area contributed by atoms with Crippen LogP contribution >= 0.6 is 0 Å². The van der Waals surface area contributed by atoms with Crippen LogP contribution < -0.4 is 5.32 Å². The fraction of sp³-hybridized carbons (Fsp3) is 0.267. The molecule has 1 amide bonds. The molecule has 2 aromatic rings. The number of carbonyl (C=O) groups excluding carboxylic acids is 1. The highest BCUT2D eigenvalue weighted by Gasteiger charge is 2.22. The van der Waals surface area contributed by atoms with Crippen molar-refractivity contribution >= 4 is 11.9 Å². The summed E-state index contributed by atoms with van der Waals surface area (Å²) >= 11 is 0. The number of carboxylic acid groups (broad SMARTS) is 1. The van der Waals surface area contributed by atoms with Gasteiger partial charge in [-0.05, 0) is 25.5 Å². The lowest BCUT2D eigenvalue weighted by molar-refractivity contribution is -0.142. The zero-order valence-corrected chi connectivity index (χ0v) is 11.9. The maximum absolute atomic E-state index is 12.0. The first-order valence-electron chi connectivity index (χ1n) is 6.55. The predicted molar refractivity (Wildman–Crippen MR) is 76.7 cm³/mol. The van der Waals surface area contributed by atoms with E-state index in [1.54, 1.807) is 35.0 Å². The highest BCUT2D eigenvalue weighted by Crippen LogP contribution is 2.12. The number of rotatable bonds is 5. The Labute approximate surface area is 122 Å². The molecule has 1 heterocycles. The molecule has 0 bridgehead atoms. The van der Waals surface area contributed by atoms with Crippen molar-refractivity contribution in [1.82, 2.24) is 15.1 Å². The van der Waals surface area contributed by atoms with Crippen LogP contribution in [0.1, 0.15) is 23.0 Å². The summed E-state index contributed by atoms with van der Waals surface area (Å²) in [4.78, 5) is 23.3. The van der Waals surface area contributed by atoms with Crippen LogP contribution in [0.15, 0.2) is 36.4 Å². The molecule has 0 fully saturated rings. The number of hydrogen-bond donors (Lipinski definition) is 2. The molecular weight excluding hydrogens is 270 g/mol. The smallest absolute Gasteiger partial charge is 0.330 e. The molecule has 0 saturated carbocycles. The standard InChI is InChI=1S/C15H17N3O3/c1-10-8-11(2)18(17-10)9-13(19)16-14(15(20)21)12-6-4-3-5-7-12/h3-8,14H,9H2,1-2H3,(H,16,19)(H,20,21)/t14-/m1/s1. The van der Waals surface area contributed by atoms with E-state index in [1.165, 1.54) is 0 Å². The maximum Gasteiger partial charge on any atom is 0.330 e. The molecule has 0 saturated heterocycles. The third-order valence-corrected chi connectivity index (χ3v) is 3.08. The van der Waals surface area contributed by atoms with Gasteiger partial charge in [-0.3, -0.25) is 9.48 Å². The van der Waals surface area contributed by atoms with Crippen LogP contribution in [0, 0.1) is 13.8 Å². The van der Waals surface area contributed by atoms with Crippen molar-refractivity contribution in [3.8, 4) is 0 Å². The molecule has 110 valence electrons. The first-order chi connectivity index (χ1) is 9.97. The lowest BCUT2D eigenvalue weighted by Crippen LogP contribution is -2.36. The third kappa shape index (κ3) is 3.68. The Bertz CT molecular complexity index is 649. The van der Waals surface area contributed by atoms with E-state index >= 15 is 0 Å². The lowest BCUT2D eigenvalue weighted by atomic mass is 10.1. The number of benzene rings is 1. The van der Waals surface area contributed by atoms with Gasteiger partial charge in [-0.15, -0.1) is 0 Å². The summed E-state index contributed by atoms with van der Waals surface area (Å²) in [6.45, 7) is 3.68. The molecule has 6 heteroatoms. The molecule has 0 aliphatic carbocycles. The number of nitrogens with one attached hydrogen (secondary N) is 1. The van der Waals surface area contributed by atoms with Gasteiger partial charge in [-0.1, -0.05) is 30.3 Å². The Morgan fingerprint density at radius 3 is 2.48 bits per heavy atom. The Balaban J connectivity index is 2.09. The normalized spacial score (nSPS) is 11.9. The van der Waals surface area contributed by atoms with Crippen molar-refractivity contribution in [3.63, 3.8) is 0 Å². The summed E-state index contributed by atoms with van der Waals surface area (Å²) in [6, 6.07) is 9.40. The molecule has 0 aliphatic heterocycles. The van der Waals surface area contributed by atoms with E-state index in [1.807, 2.05) is 19.9 Å². The highest BCUT2D eigenvalue weighted by atomic mass is 16.4. The number of aryl methyl sites for hydroxylation is 2. The van der Waals surface area contributed by atoms with E-state index in [2.05, 4.69) is 10.4 Å². The van der Waals surface area contributed by atoms with Crippen LogP contribution in [-0.2, 0) is 16.1 Å².